The Bertz CT molecular complexity index is 1280. The van der Waals surface area contributed by atoms with Crippen LogP contribution in [0.3, 0.4) is 0 Å². The predicted octanol–water partition coefficient (Wildman–Crippen LogP) is 2.52. The van der Waals surface area contributed by atoms with Gasteiger partial charge in [-0.1, -0.05) is 20.8 Å². The molecule has 50 heavy (non-hydrogen) atoms. The van der Waals surface area contributed by atoms with Gasteiger partial charge in [0.15, 0.2) is 17.7 Å². The number of aliphatic hydroxyl groups is 1. The van der Waals surface area contributed by atoms with Gasteiger partial charge in [-0.25, -0.2) is 4.79 Å². The number of esters is 1. The van der Waals surface area contributed by atoms with Crippen molar-refractivity contribution in [2.45, 2.75) is 159 Å². The van der Waals surface area contributed by atoms with Crippen LogP contribution >= 0.6 is 0 Å². The highest BCUT2D eigenvalue weighted by Crippen LogP contribution is 2.57. The highest BCUT2D eigenvalue weighted by atomic mass is 16.7. The third-order valence-corrected chi connectivity index (χ3v) is 13.2. The molecule has 8 fully saturated rings. The summed E-state index contributed by atoms with van der Waals surface area (Å²) in [7, 11) is 3.90. The standard InChI is InChI=1S/C37H62N4O9/c1-10-26-36(7)28(40-33(45)50-36)22(4)38-18-20(2)14-35(6)30(21(3)29(43)34(5,11-12-46-35)32(44)48-26)49-31-27(42)25(41(8)9)13-24(47-31)19-39-37-15-23(16-37)17-37/h20-28,30-31,38-39,42H,10-19H2,1-9H3,(H,40,45)/t20-,21+,22-,23?,24+,25+,26-,27-,28-,30-,31+,34-,35-,36-,37?/m1/s1. The minimum absolute atomic E-state index is 0.0487. The fourth-order valence-corrected chi connectivity index (χ4v) is 9.93. The van der Waals surface area contributed by atoms with Crippen LogP contribution in [-0.2, 0) is 33.3 Å². The van der Waals surface area contributed by atoms with Gasteiger partial charge in [-0.2, -0.15) is 0 Å². The van der Waals surface area contributed by atoms with E-state index in [0.717, 1.165) is 5.92 Å². The van der Waals surface area contributed by atoms with Crippen LogP contribution in [0.4, 0.5) is 4.79 Å². The quantitative estimate of drug-likeness (QED) is 0.227. The molecule has 0 unspecified atom stereocenters. The number of fused-ring (bicyclic) bond motifs is 10. The summed E-state index contributed by atoms with van der Waals surface area (Å²) in [6, 6.07) is -0.935. The van der Waals surface area contributed by atoms with E-state index in [1.54, 1.807) is 20.8 Å². The first kappa shape index (κ1) is 37.9. The molecular formula is C37H62N4O9. The summed E-state index contributed by atoms with van der Waals surface area (Å²) in [6.07, 6.45) is 0.890. The van der Waals surface area contributed by atoms with Gasteiger partial charge in [-0.3, -0.25) is 9.59 Å². The van der Waals surface area contributed by atoms with E-state index in [1.807, 2.05) is 39.8 Å². The molecule has 8 aliphatic rings. The Kier molecular flexibility index (Phi) is 10.5. The van der Waals surface area contributed by atoms with Crippen molar-refractivity contribution < 1.29 is 43.2 Å². The zero-order chi connectivity index (χ0) is 36.4. The summed E-state index contributed by atoms with van der Waals surface area (Å²) in [6.45, 7) is 14.5. The molecule has 0 aromatic carbocycles. The van der Waals surface area contributed by atoms with Gasteiger partial charge in [0, 0.05) is 36.7 Å². The first-order chi connectivity index (χ1) is 23.4. The van der Waals surface area contributed by atoms with Gasteiger partial charge < -0.3 is 49.6 Å². The SMILES string of the molecule is CC[C@H]1OC(=O)[C@]2(C)CCO[C@](C)(C[C@@H](C)CN[C@H](C)[C@H]3NC(=O)O[C@@]31C)[C@H](O[C@@H]1O[C@H](CNC34CC(C3)C4)C[C@H](N(C)C)[C@H]1O)[C@@H](C)C2=O. The number of likely N-dealkylation sites (N-methyl/N-ethyl adjacent to an activating group) is 1. The van der Waals surface area contributed by atoms with Gasteiger partial charge in [0.05, 0.1) is 23.9 Å². The molecule has 0 radical (unpaired) electrons. The van der Waals surface area contributed by atoms with Gasteiger partial charge in [0.2, 0.25) is 0 Å². The van der Waals surface area contributed by atoms with Crippen LogP contribution in [0.25, 0.3) is 0 Å². The molecule has 5 aliphatic heterocycles. The molecule has 13 nitrogen and oxygen atoms in total. The van der Waals surface area contributed by atoms with Crippen molar-refractivity contribution in [2.24, 2.45) is 23.2 Å². The second-order valence-electron chi connectivity index (χ2n) is 17.5. The van der Waals surface area contributed by atoms with Crippen LogP contribution in [0.1, 0.15) is 93.4 Å². The van der Waals surface area contributed by atoms with Crippen molar-refractivity contribution in [2.75, 3.05) is 33.8 Å². The molecule has 13 heteroatoms. The summed E-state index contributed by atoms with van der Waals surface area (Å²) in [5.74, 6) is -0.909. The van der Waals surface area contributed by atoms with Crippen LogP contribution < -0.4 is 16.0 Å². The van der Waals surface area contributed by atoms with E-state index in [9.17, 15) is 19.5 Å². The van der Waals surface area contributed by atoms with Crippen molar-refractivity contribution in [3.8, 4) is 0 Å². The second-order valence-corrected chi connectivity index (χ2v) is 17.5. The first-order valence-corrected chi connectivity index (χ1v) is 19.0. The highest BCUT2D eigenvalue weighted by molar-refractivity contribution is 6.04. The number of alkyl carbamates (subject to hydrolysis) is 1. The number of aliphatic hydroxyl groups excluding tert-OH is 1. The molecule has 3 saturated carbocycles. The number of carbonyl (C=O) groups excluding carboxylic acids is 3. The molecule has 0 aromatic heterocycles. The molecule has 4 N–H and O–H groups in total. The van der Waals surface area contributed by atoms with Crippen molar-refractivity contribution in [1.29, 1.82) is 0 Å². The van der Waals surface area contributed by atoms with Crippen LogP contribution in [0.15, 0.2) is 0 Å². The second kappa shape index (κ2) is 13.8. The normalized spacial score (nSPS) is 49.7. The van der Waals surface area contributed by atoms with Crippen molar-refractivity contribution in [3.05, 3.63) is 0 Å². The molecule has 0 aromatic rings. The summed E-state index contributed by atoms with van der Waals surface area (Å²) in [5.41, 5.74) is -3.46. The number of hydrogen-bond donors (Lipinski definition) is 4. The van der Waals surface area contributed by atoms with Gasteiger partial charge in [0.25, 0.3) is 0 Å². The molecular weight excluding hydrogens is 644 g/mol. The molecule has 3 aliphatic carbocycles. The fourth-order valence-electron chi connectivity index (χ4n) is 9.93. The molecule has 284 valence electrons. The van der Waals surface area contributed by atoms with E-state index in [2.05, 4.69) is 22.9 Å². The van der Waals surface area contributed by atoms with E-state index in [1.165, 1.54) is 19.3 Å². The van der Waals surface area contributed by atoms with E-state index in [-0.39, 0.29) is 48.5 Å². The monoisotopic (exact) mass is 706 g/mol. The van der Waals surface area contributed by atoms with E-state index in [0.29, 0.717) is 32.4 Å². The van der Waals surface area contributed by atoms with Crippen molar-refractivity contribution >= 4 is 17.8 Å². The summed E-state index contributed by atoms with van der Waals surface area (Å²) >= 11 is 0. The number of nitrogens with one attached hydrogen (secondary N) is 3. The Morgan fingerprint density at radius 2 is 1.76 bits per heavy atom. The molecule has 0 spiro atoms. The minimum atomic E-state index is -1.55. The summed E-state index contributed by atoms with van der Waals surface area (Å²) in [4.78, 5) is 43.6. The van der Waals surface area contributed by atoms with Crippen LogP contribution in [0, 0.1) is 23.2 Å². The molecule has 1 amide bonds. The van der Waals surface area contributed by atoms with E-state index < -0.39 is 65.2 Å². The number of ether oxygens (including phenoxy) is 5. The minimum Gasteiger partial charge on any atom is -0.457 e. The number of carbonyl (C=O) groups is 3. The lowest BCUT2D eigenvalue weighted by Crippen LogP contribution is -2.68. The lowest BCUT2D eigenvalue weighted by atomic mass is 9.50. The van der Waals surface area contributed by atoms with Gasteiger partial charge >= 0.3 is 12.1 Å². The maximum Gasteiger partial charge on any atom is 0.408 e. The summed E-state index contributed by atoms with van der Waals surface area (Å²) in [5, 5.41) is 22.0. The topological polar surface area (TPSA) is 157 Å². The average Bonchev–Trinajstić information content (AvgIpc) is 3.33. The Morgan fingerprint density at radius 1 is 1.06 bits per heavy atom. The van der Waals surface area contributed by atoms with Gasteiger partial charge in [0.1, 0.15) is 17.6 Å². The third-order valence-electron chi connectivity index (χ3n) is 13.2. The molecule has 8 rings (SSSR count). The lowest BCUT2D eigenvalue weighted by molar-refractivity contribution is -0.302. The molecule has 5 saturated heterocycles. The number of rotatable bonds is 7. The number of Topliss-reactive ketones (excluding diaryl/α,β-unsaturated/α-hetero) is 1. The molecule has 4 bridgehead atoms. The van der Waals surface area contributed by atoms with Gasteiger partial charge in [-0.15, -0.1) is 0 Å². The van der Waals surface area contributed by atoms with Crippen molar-refractivity contribution in [3.63, 3.8) is 0 Å². The smallest absolute Gasteiger partial charge is 0.408 e. The summed E-state index contributed by atoms with van der Waals surface area (Å²) < 4.78 is 32.2. The number of nitrogens with zero attached hydrogens (tertiary/aromatic N) is 1. The van der Waals surface area contributed by atoms with Crippen LogP contribution in [-0.4, -0.2) is 127 Å². The van der Waals surface area contributed by atoms with Crippen molar-refractivity contribution in [1.82, 2.24) is 20.9 Å². The Morgan fingerprint density at radius 3 is 2.38 bits per heavy atom. The zero-order valence-corrected chi connectivity index (χ0v) is 31.6. The van der Waals surface area contributed by atoms with Gasteiger partial charge in [-0.05, 0) is 105 Å². The largest absolute Gasteiger partial charge is 0.457 e. The van der Waals surface area contributed by atoms with Crippen LogP contribution in [0.5, 0.6) is 0 Å². The number of amides is 1. The van der Waals surface area contributed by atoms with E-state index in [4.69, 9.17) is 23.7 Å². The molecule has 13 atom stereocenters. The Hall–Kier alpha value is -1.87. The fraction of sp³-hybridized carbons (Fsp3) is 0.919. The number of hydrogen-bond acceptors (Lipinski definition) is 12. The average molecular weight is 707 g/mol. The predicted molar refractivity (Wildman–Crippen MR) is 184 cm³/mol. The Labute approximate surface area is 297 Å². The van der Waals surface area contributed by atoms with E-state index >= 15 is 0 Å². The highest BCUT2D eigenvalue weighted by Gasteiger charge is 2.59. The molecule has 5 heterocycles. The Balaban J connectivity index is 1.31. The van der Waals surface area contributed by atoms with Crippen LogP contribution in [0.2, 0.25) is 0 Å². The lowest BCUT2D eigenvalue weighted by Gasteiger charge is -2.62. The third kappa shape index (κ3) is 6.73. The number of ketones is 1. The maximum absolute atomic E-state index is 14.7. The maximum atomic E-state index is 14.7. The first-order valence-electron chi connectivity index (χ1n) is 19.0. The zero-order valence-electron chi connectivity index (χ0n) is 31.6.